The van der Waals surface area contributed by atoms with Crippen LogP contribution < -0.4 is 15.9 Å². The lowest BCUT2D eigenvalue weighted by molar-refractivity contribution is 0.0951. The van der Waals surface area contributed by atoms with E-state index in [0.717, 1.165) is 23.4 Å². The second-order valence-corrected chi connectivity index (χ2v) is 7.11. The minimum absolute atomic E-state index is 0.182. The molecule has 2 N–H and O–H groups in total. The SMILES string of the molecule is C[C@@H]1CCCN1c1ccc(CNC(=O)c2ccc3c(c2)[nH]c(=O)n3C)cn1. The Morgan fingerprint density at radius 1 is 1.33 bits per heavy atom. The van der Waals surface area contributed by atoms with Gasteiger partial charge in [-0.15, -0.1) is 0 Å². The van der Waals surface area contributed by atoms with Crippen molar-refractivity contribution >= 4 is 22.8 Å². The Kier molecular flexibility index (Phi) is 4.43. The molecule has 7 heteroatoms. The molecule has 1 saturated heterocycles. The molecule has 1 amide bonds. The number of hydrogen-bond donors (Lipinski definition) is 2. The zero-order chi connectivity index (χ0) is 19.0. The van der Waals surface area contributed by atoms with Crippen molar-refractivity contribution in [2.24, 2.45) is 7.05 Å². The van der Waals surface area contributed by atoms with E-state index in [2.05, 4.69) is 27.1 Å². The third-order valence-electron chi connectivity index (χ3n) is 5.28. The number of amides is 1. The topological polar surface area (TPSA) is 83.0 Å². The van der Waals surface area contributed by atoms with E-state index >= 15 is 0 Å². The van der Waals surface area contributed by atoms with Crippen LogP contribution in [0.25, 0.3) is 11.0 Å². The lowest BCUT2D eigenvalue weighted by Gasteiger charge is -2.22. The molecule has 0 unspecified atom stereocenters. The normalized spacial score (nSPS) is 16.8. The molecule has 0 radical (unpaired) electrons. The van der Waals surface area contributed by atoms with Crippen LogP contribution in [0.4, 0.5) is 5.82 Å². The monoisotopic (exact) mass is 365 g/mol. The lowest BCUT2D eigenvalue weighted by atomic mass is 10.2. The molecule has 3 aromatic rings. The number of H-pyrrole nitrogens is 1. The third kappa shape index (κ3) is 3.32. The number of benzene rings is 1. The van der Waals surface area contributed by atoms with Gasteiger partial charge in [0.1, 0.15) is 5.82 Å². The van der Waals surface area contributed by atoms with Crippen LogP contribution in [0.15, 0.2) is 41.3 Å². The fourth-order valence-corrected chi connectivity index (χ4v) is 3.63. The number of imidazole rings is 1. The summed E-state index contributed by atoms with van der Waals surface area (Å²) >= 11 is 0. The predicted molar refractivity (Wildman–Crippen MR) is 105 cm³/mol. The van der Waals surface area contributed by atoms with E-state index in [-0.39, 0.29) is 11.6 Å². The average Bonchev–Trinajstić information content (AvgIpc) is 3.23. The third-order valence-corrected chi connectivity index (χ3v) is 5.28. The van der Waals surface area contributed by atoms with E-state index in [4.69, 9.17) is 0 Å². The van der Waals surface area contributed by atoms with Crippen LogP contribution in [0, 0.1) is 0 Å². The number of carbonyl (C=O) groups excluding carboxylic acids is 1. The van der Waals surface area contributed by atoms with E-state index in [9.17, 15) is 9.59 Å². The number of rotatable bonds is 4. The van der Waals surface area contributed by atoms with Gasteiger partial charge in [-0.05, 0) is 49.6 Å². The van der Waals surface area contributed by atoms with Crippen molar-refractivity contribution in [3.63, 3.8) is 0 Å². The smallest absolute Gasteiger partial charge is 0.326 e. The molecule has 4 rings (SSSR count). The van der Waals surface area contributed by atoms with Gasteiger partial charge in [-0.1, -0.05) is 6.07 Å². The summed E-state index contributed by atoms with van der Waals surface area (Å²) in [6, 6.07) is 9.75. The molecule has 3 heterocycles. The second kappa shape index (κ2) is 6.90. The van der Waals surface area contributed by atoms with Crippen LogP contribution in [-0.2, 0) is 13.6 Å². The lowest BCUT2D eigenvalue weighted by Crippen LogP contribution is -2.27. The van der Waals surface area contributed by atoms with Gasteiger partial charge in [0, 0.05) is 37.9 Å². The highest BCUT2D eigenvalue weighted by atomic mass is 16.2. The quantitative estimate of drug-likeness (QED) is 0.742. The molecule has 1 aliphatic heterocycles. The first-order valence-corrected chi connectivity index (χ1v) is 9.21. The molecule has 1 fully saturated rings. The standard InChI is InChI=1S/C20H23N5O2/c1-13-4-3-9-25(13)18-8-5-14(11-21-18)12-22-19(26)15-6-7-17-16(10-15)23-20(27)24(17)2/h5-8,10-11,13H,3-4,9,12H2,1-2H3,(H,22,26)(H,23,27)/t13-/m1/s1. The molecule has 2 aromatic heterocycles. The van der Waals surface area contributed by atoms with E-state index in [1.54, 1.807) is 25.2 Å². The molecule has 1 aromatic carbocycles. The van der Waals surface area contributed by atoms with E-state index in [1.165, 1.54) is 17.4 Å². The Balaban J connectivity index is 1.42. The van der Waals surface area contributed by atoms with Crippen LogP contribution in [0.5, 0.6) is 0 Å². The Hall–Kier alpha value is -3.09. The summed E-state index contributed by atoms with van der Waals surface area (Å²) < 4.78 is 1.52. The minimum Gasteiger partial charge on any atom is -0.354 e. The number of nitrogens with one attached hydrogen (secondary N) is 2. The number of anilines is 1. The number of pyridine rings is 1. The number of aryl methyl sites for hydroxylation is 1. The minimum atomic E-state index is -0.193. The van der Waals surface area contributed by atoms with Gasteiger partial charge in [0.05, 0.1) is 11.0 Å². The second-order valence-electron chi connectivity index (χ2n) is 7.11. The van der Waals surface area contributed by atoms with Crippen molar-refractivity contribution in [1.82, 2.24) is 19.9 Å². The van der Waals surface area contributed by atoms with Gasteiger partial charge in [-0.3, -0.25) is 9.36 Å². The molecule has 0 bridgehead atoms. The van der Waals surface area contributed by atoms with Crippen LogP contribution in [0.3, 0.4) is 0 Å². The number of hydrogen-bond acceptors (Lipinski definition) is 4. The highest BCUT2D eigenvalue weighted by molar-refractivity contribution is 5.97. The maximum Gasteiger partial charge on any atom is 0.326 e. The maximum absolute atomic E-state index is 12.4. The summed E-state index contributed by atoms with van der Waals surface area (Å²) in [4.78, 5) is 33.7. The molecular formula is C20H23N5O2. The van der Waals surface area contributed by atoms with Gasteiger partial charge >= 0.3 is 5.69 Å². The van der Waals surface area contributed by atoms with Crippen molar-refractivity contribution < 1.29 is 4.79 Å². The first-order valence-electron chi connectivity index (χ1n) is 9.21. The molecule has 0 spiro atoms. The van der Waals surface area contributed by atoms with E-state index < -0.39 is 0 Å². The fourth-order valence-electron chi connectivity index (χ4n) is 3.63. The summed E-state index contributed by atoms with van der Waals surface area (Å²) in [5.41, 5.74) is 2.70. The van der Waals surface area contributed by atoms with Crippen LogP contribution in [0.2, 0.25) is 0 Å². The summed E-state index contributed by atoms with van der Waals surface area (Å²) in [5, 5.41) is 2.91. The Bertz CT molecular complexity index is 1030. The number of aromatic nitrogens is 3. The van der Waals surface area contributed by atoms with Gasteiger partial charge in [-0.2, -0.15) is 0 Å². The Labute approximate surface area is 157 Å². The number of aromatic amines is 1. The van der Waals surface area contributed by atoms with Crippen molar-refractivity contribution in [1.29, 1.82) is 0 Å². The molecule has 27 heavy (non-hydrogen) atoms. The zero-order valence-corrected chi connectivity index (χ0v) is 15.5. The van der Waals surface area contributed by atoms with Crippen molar-refractivity contribution in [2.45, 2.75) is 32.4 Å². The summed E-state index contributed by atoms with van der Waals surface area (Å²) in [6.07, 6.45) is 4.23. The number of carbonyl (C=O) groups is 1. The van der Waals surface area contributed by atoms with E-state index in [0.29, 0.717) is 23.7 Å². The van der Waals surface area contributed by atoms with Crippen LogP contribution in [-0.4, -0.2) is 33.0 Å². The zero-order valence-electron chi connectivity index (χ0n) is 15.5. The predicted octanol–water partition coefficient (Wildman–Crippen LogP) is 2.18. The first-order chi connectivity index (χ1) is 13.0. The molecule has 0 aliphatic carbocycles. The highest BCUT2D eigenvalue weighted by Crippen LogP contribution is 2.23. The molecule has 140 valence electrons. The van der Waals surface area contributed by atoms with Crippen molar-refractivity contribution in [3.05, 3.63) is 58.1 Å². The van der Waals surface area contributed by atoms with Crippen LogP contribution in [0.1, 0.15) is 35.7 Å². The van der Waals surface area contributed by atoms with Gasteiger partial charge < -0.3 is 15.2 Å². The first kappa shape index (κ1) is 17.3. The molecule has 1 aliphatic rings. The van der Waals surface area contributed by atoms with Crippen molar-refractivity contribution in [2.75, 3.05) is 11.4 Å². The average molecular weight is 365 g/mol. The number of nitrogens with zero attached hydrogens (tertiary/aromatic N) is 3. The fraction of sp³-hybridized carbons (Fsp3) is 0.350. The van der Waals surface area contributed by atoms with Crippen molar-refractivity contribution in [3.8, 4) is 0 Å². The van der Waals surface area contributed by atoms with Gasteiger partial charge in [0.25, 0.3) is 5.91 Å². The van der Waals surface area contributed by atoms with Crippen LogP contribution >= 0.6 is 0 Å². The highest BCUT2D eigenvalue weighted by Gasteiger charge is 2.21. The Morgan fingerprint density at radius 3 is 2.89 bits per heavy atom. The Morgan fingerprint density at radius 2 is 2.19 bits per heavy atom. The summed E-state index contributed by atoms with van der Waals surface area (Å²) in [6.45, 7) is 3.68. The summed E-state index contributed by atoms with van der Waals surface area (Å²) in [7, 11) is 1.69. The molecular weight excluding hydrogens is 342 g/mol. The molecule has 0 saturated carbocycles. The molecule has 1 atom stereocenters. The van der Waals surface area contributed by atoms with Gasteiger partial charge in [0.2, 0.25) is 0 Å². The molecule has 7 nitrogen and oxygen atoms in total. The number of fused-ring (bicyclic) bond motifs is 1. The van der Waals surface area contributed by atoms with E-state index in [1.807, 2.05) is 18.3 Å². The van der Waals surface area contributed by atoms with Gasteiger partial charge in [-0.25, -0.2) is 9.78 Å². The largest absolute Gasteiger partial charge is 0.354 e. The van der Waals surface area contributed by atoms with Gasteiger partial charge in [0.15, 0.2) is 0 Å². The maximum atomic E-state index is 12.4. The summed E-state index contributed by atoms with van der Waals surface area (Å²) in [5.74, 6) is 0.812.